The molecule has 5 nitrogen and oxygen atoms in total. The predicted molar refractivity (Wildman–Crippen MR) is 93.2 cm³/mol. The van der Waals surface area contributed by atoms with Crippen LogP contribution in [0.4, 0.5) is 0 Å². The van der Waals surface area contributed by atoms with E-state index in [1.54, 1.807) is 31.2 Å². The Morgan fingerprint density at radius 3 is 2.46 bits per heavy atom. The molecule has 2 rings (SSSR count). The van der Waals surface area contributed by atoms with Gasteiger partial charge in [0.1, 0.15) is 17.5 Å². The van der Waals surface area contributed by atoms with Gasteiger partial charge in [0.25, 0.3) is 5.91 Å². The number of hydrogen-bond donors (Lipinski definition) is 2. The Hall–Kier alpha value is -2.82. The highest BCUT2D eigenvalue weighted by Crippen LogP contribution is 2.21. The SMILES string of the molecule is CCCNC(=O)[C@@H](C)NC(=O)c1cccc(Oc2ccccc2)c1. The molecule has 0 saturated heterocycles. The molecule has 0 aromatic heterocycles. The van der Waals surface area contributed by atoms with Crippen molar-refractivity contribution < 1.29 is 14.3 Å². The lowest BCUT2D eigenvalue weighted by Crippen LogP contribution is -2.44. The van der Waals surface area contributed by atoms with Gasteiger partial charge < -0.3 is 15.4 Å². The summed E-state index contributed by atoms with van der Waals surface area (Å²) in [5, 5.41) is 5.44. The fraction of sp³-hybridized carbons (Fsp3) is 0.263. The Kier molecular flexibility index (Phi) is 6.37. The Morgan fingerprint density at radius 2 is 1.75 bits per heavy atom. The molecule has 0 unspecified atom stereocenters. The molecule has 5 heteroatoms. The molecule has 2 amide bonds. The van der Waals surface area contributed by atoms with Crippen LogP contribution in [0, 0.1) is 0 Å². The maximum absolute atomic E-state index is 12.3. The summed E-state index contributed by atoms with van der Waals surface area (Å²) in [5.41, 5.74) is 0.443. The van der Waals surface area contributed by atoms with Gasteiger partial charge in [0.15, 0.2) is 0 Å². The smallest absolute Gasteiger partial charge is 0.252 e. The van der Waals surface area contributed by atoms with Crippen LogP contribution >= 0.6 is 0 Å². The van der Waals surface area contributed by atoms with Crippen LogP contribution in [0.3, 0.4) is 0 Å². The van der Waals surface area contributed by atoms with Crippen molar-refractivity contribution in [3.05, 3.63) is 60.2 Å². The van der Waals surface area contributed by atoms with E-state index in [0.717, 1.165) is 6.42 Å². The number of carbonyl (C=O) groups excluding carboxylic acids is 2. The summed E-state index contributed by atoms with van der Waals surface area (Å²) in [5.74, 6) is 0.758. The van der Waals surface area contributed by atoms with E-state index in [0.29, 0.717) is 23.6 Å². The Balaban J connectivity index is 2.00. The minimum atomic E-state index is -0.595. The molecule has 0 radical (unpaired) electrons. The molecule has 0 fully saturated rings. The van der Waals surface area contributed by atoms with Gasteiger partial charge in [0, 0.05) is 12.1 Å². The second-order valence-corrected chi connectivity index (χ2v) is 5.43. The summed E-state index contributed by atoms with van der Waals surface area (Å²) in [4.78, 5) is 24.1. The van der Waals surface area contributed by atoms with Crippen LogP contribution in [-0.2, 0) is 4.79 Å². The molecule has 2 aromatic carbocycles. The van der Waals surface area contributed by atoms with Crippen LogP contribution in [0.5, 0.6) is 11.5 Å². The quantitative estimate of drug-likeness (QED) is 0.821. The molecule has 0 aliphatic carbocycles. The molecule has 2 N–H and O–H groups in total. The summed E-state index contributed by atoms with van der Waals surface area (Å²) < 4.78 is 5.72. The van der Waals surface area contributed by atoms with Crippen molar-refractivity contribution in [3.8, 4) is 11.5 Å². The van der Waals surface area contributed by atoms with E-state index in [-0.39, 0.29) is 11.8 Å². The Bertz CT molecular complexity index is 686. The minimum Gasteiger partial charge on any atom is -0.457 e. The third-order valence-corrected chi connectivity index (χ3v) is 3.37. The van der Waals surface area contributed by atoms with Gasteiger partial charge in [-0.3, -0.25) is 9.59 Å². The van der Waals surface area contributed by atoms with E-state index in [1.807, 2.05) is 37.3 Å². The average Bonchev–Trinajstić information content (AvgIpc) is 2.60. The summed E-state index contributed by atoms with van der Waals surface area (Å²) in [6.07, 6.45) is 0.852. The highest BCUT2D eigenvalue weighted by atomic mass is 16.5. The van der Waals surface area contributed by atoms with Crippen molar-refractivity contribution in [3.63, 3.8) is 0 Å². The molecule has 0 bridgehead atoms. The normalized spacial score (nSPS) is 11.4. The van der Waals surface area contributed by atoms with E-state index < -0.39 is 6.04 Å². The van der Waals surface area contributed by atoms with Gasteiger partial charge in [0.2, 0.25) is 5.91 Å². The Labute approximate surface area is 142 Å². The van der Waals surface area contributed by atoms with Gasteiger partial charge in [-0.2, -0.15) is 0 Å². The molecular weight excluding hydrogens is 304 g/mol. The second kappa shape index (κ2) is 8.72. The zero-order chi connectivity index (χ0) is 17.4. The topological polar surface area (TPSA) is 67.4 Å². The van der Waals surface area contributed by atoms with E-state index in [2.05, 4.69) is 10.6 Å². The highest BCUT2D eigenvalue weighted by molar-refractivity contribution is 5.97. The third kappa shape index (κ3) is 5.12. The van der Waals surface area contributed by atoms with E-state index >= 15 is 0 Å². The number of hydrogen-bond acceptors (Lipinski definition) is 3. The Morgan fingerprint density at radius 1 is 1.04 bits per heavy atom. The van der Waals surface area contributed by atoms with Crippen molar-refractivity contribution in [2.75, 3.05) is 6.54 Å². The minimum absolute atomic E-state index is 0.193. The number of rotatable bonds is 7. The van der Waals surface area contributed by atoms with Crippen molar-refractivity contribution in [1.82, 2.24) is 10.6 Å². The fourth-order valence-corrected chi connectivity index (χ4v) is 2.07. The molecule has 2 aromatic rings. The van der Waals surface area contributed by atoms with Gasteiger partial charge in [-0.15, -0.1) is 0 Å². The summed E-state index contributed by atoms with van der Waals surface area (Å²) in [6.45, 7) is 4.23. The first kappa shape index (κ1) is 17.5. The van der Waals surface area contributed by atoms with Crippen LogP contribution in [-0.4, -0.2) is 24.4 Å². The predicted octanol–water partition coefficient (Wildman–Crippen LogP) is 3.12. The fourth-order valence-electron chi connectivity index (χ4n) is 2.07. The van der Waals surface area contributed by atoms with Crippen molar-refractivity contribution in [1.29, 1.82) is 0 Å². The second-order valence-electron chi connectivity index (χ2n) is 5.43. The molecule has 0 aliphatic rings. The molecular formula is C19H22N2O3. The zero-order valence-electron chi connectivity index (χ0n) is 13.9. The third-order valence-electron chi connectivity index (χ3n) is 3.37. The average molecular weight is 326 g/mol. The van der Waals surface area contributed by atoms with Crippen molar-refractivity contribution in [2.24, 2.45) is 0 Å². The molecule has 126 valence electrons. The maximum atomic E-state index is 12.3. The number of amides is 2. The molecule has 0 heterocycles. The van der Waals surface area contributed by atoms with Crippen molar-refractivity contribution >= 4 is 11.8 Å². The van der Waals surface area contributed by atoms with Gasteiger partial charge >= 0.3 is 0 Å². The maximum Gasteiger partial charge on any atom is 0.252 e. The largest absolute Gasteiger partial charge is 0.457 e. The van der Waals surface area contributed by atoms with E-state index in [1.165, 1.54) is 0 Å². The van der Waals surface area contributed by atoms with Crippen LogP contribution in [0.15, 0.2) is 54.6 Å². The van der Waals surface area contributed by atoms with Gasteiger partial charge in [-0.25, -0.2) is 0 Å². The number of para-hydroxylation sites is 1. The molecule has 24 heavy (non-hydrogen) atoms. The van der Waals surface area contributed by atoms with Crippen LogP contribution in [0.2, 0.25) is 0 Å². The molecule has 0 spiro atoms. The lowest BCUT2D eigenvalue weighted by atomic mass is 10.2. The van der Waals surface area contributed by atoms with Crippen LogP contribution in [0.25, 0.3) is 0 Å². The monoisotopic (exact) mass is 326 g/mol. The molecule has 0 saturated carbocycles. The number of benzene rings is 2. The lowest BCUT2D eigenvalue weighted by Gasteiger charge is -2.14. The molecule has 1 atom stereocenters. The number of ether oxygens (including phenoxy) is 1. The van der Waals surface area contributed by atoms with Gasteiger partial charge in [-0.1, -0.05) is 31.2 Å². The highest BCUT2D eigenvalue weighted by Gasteiger charge is 2.16. The summed E-state index contributed by atoms with van der Waals surface area (Å²) >= 11 is 0. The van der Waals surface area contributed by atoms with Gasteiger partial charge in [0.05, 0.1) is 0 Å². The van der Waals surface area contributed by atoms with Crippen molar-refractivity contribution in [2.45, 2.75) is 26.3 Å². The van der Waals surface area contributed by atoms with Gasteiger partial charge in [-0.05, 0) is 43.7 Å². The van der Waals surface area contributed by atoms with Crippen LogP contribution in [0.1, 0.15) is 30.6 Å². The first-order valence-electron chi connectivity index (χ1n) is 8.01. The molecule has 0 aliphatic heterocycles. The summed E-state index contributed by atoms with van der Waals surface area (Å²) in [7, 11) is 0. The first-order chi connectivity index (χ1) is 11.6. The summed E-state index contributed by atoms with van der Waals surface area (Å²) in [6, 6.07) is 15.6. The van der Waals surface area contributed by atoms with E-state index in [4.69, 9.17) is 4.74 Å². The van der Waals surface area contributed by atoms with E-state index in [9.17, 15) is 9.59 Å². The number of carbonyl (C=O) groups is 2. The zero-order valence-corrected chi connectivity index (χ0v) is 13.9. The first-order valence-corrected chi connectivity index (χ1v) is 8.01. The lowest BCUT2D eigenvalue weighted by molar-refractivity contribution is -0.122. The standard InChI is InChI=1S/C19H22N2O3/c1-3-12-20-18(22)14(2)21-19(23)15-8-7-11-17(13-15)24-16-9-5-4-6-10-16/h4-11,13-14H,3,12H2,1-2H3,(H,20,22)(H,21,23)/t14-/m1/s1. The number of nitrogens with one attached hydrogen (secondary N) is 2. The van der Waals surface area contributed by atoms with Crippen LogP contribution < -0.4 is 15.4 Å².